The van der Waals surface area contributed by atoms with Gasteiger partial charge in [0, 0.05) is 18.8 Å². The second-order valence-corrected chi connectivity index (χ2v) is 9.93. The van der Waals surface area contributed by atoms with Crippen LogP contribution in [-0.4, -0.2) is 59.6 Å². The monoisotopic (exact) mass is 511 g/mol. The molecule has 192 valence electrons. The number of methoxy groups -OCH3 is 1. The van der Waals surface area contributed by atoms with Crippen LogP contribution < -0.4 is 0 Å². The van der Waals surface area contributed by atoms with E-state index in [2.05, 4.69) is 0 Å². The first-order valence-corrected chi connectivity index (χ1v) is 13.3. The Balaban J connectivity index is 1.57. The van der Waals surface area contributed by atoms with Crippen molar-refractivity contribution in [1.82, 2.24) is 9.80 Å². The average Bonchev–Trinajstić information content (AvgIpc) is 3.29. The maximum absolute atomic E-state index is 13.3. The van der Waals surface area contributed by atoms with Gasteiger partial charge in [-0.1, -0.05) is 48.5 Å². The number of esters is 2. The lowest BCUT2D eigenvalue weighted by Crippen LogP contribution is -2.42. The van der Waals surface area contributed by atoms with Crippen LogP contribution in [0.15, 0.2) is 51.6 Å². The normalized spacial score (nSPS) is 20.1. The Hall–Kier alpha value is -3.07. The van der Waals surface area contributed by atoms with Crippen molar-refractivity contribution < 1.29 is 23.9 Å². The summed E-state index contributed by atoms with van der Waals surface area (Å²) in [6.07, 6.45) is 1.99. The van der Waals surface area contributed by atoms with Gasteiger partial charge in [0.1, 0.15) is 0 Å². The number of carbonyl (C=O) groups is 3. The summed E-state index contributed by atoms with van der Waals surface area (Å²) in [5, 5.41) is 2.71. The minimum Gasteiger partial charge on any atom is -0.466 e. The van der Waals surface area contributed by atoms with Gasteiger partial charge in [-0.05, 0) is 44.1 Å². The standard InChI is InChI=1S/C27H33N3O5S/c1-5-21-23(26(33)34-4)24(18-9-7-17(3)8-10-18)30-20(16-36-27(30)28-21)15-22(31)29-13-11-19(12-14-29)25(32)35-6-2/h7-10,16,19,24H,5-6,11-15H2,1-4H3/t24-/m0/s1. The van der Waals surface area contributed by atoms with Crippen LogP contribution in [0.4, 0.5) is 0 Å². The number of allylic oxidation sites excluding steroid dienone is 1. The van der Waals surface area contributed by atoms with Gasteiger partial charge in [0.25, 0.3) is 0 Å². The fraction of sp³-hybridized carbons (Fsp3) is 0.481. The quantitative estimate of drug-likeness (QED) is 0.504. The van der Waals surface area contributed by atoms with Crippen LogP contribution in [0.5, 0.6) is 0 Å². The first-order chi connectivity index (χ1) is 17.4. The molecular weight excluding hydrogens is 478 g/mol. The summed E-state index contributed by atoms with van der Waals surface area (Å²) in [6, 6.07) is 7.65. The van der Waals surface area contributed by atoms with Crippen molar-refractivity contribution in [3.8, 4) is 0 Å². The Morgan fingerprint density at radius 2 is 1.81 bits per heavy atom. The number of ether oxygens (including phenoxy) is 2. The lowest BCUT2D eigenvalue weighted by Gasteiger charge is -2.37. The van der Waals surface area contributed by atoms with E-state index in [1.54, 1.807) is 6.92 Å². The van der Waals surface area contributed by atoms with E-state index in [1.165, 1.54) is 18.9 Å². The van der Waals surface area contributed by atoms with Crippen LogP contribution >= 0.6 is 11.8 Å². The van der Waals surface area contributed by atoms with Crippen LogP contribution in [0.2, 0.25) is 0 Å². The van der Waals surface area contributed by atoms with Crippen LogP contribution in [-0.2, 0) is 23.9 Å². The van der Waals surface area contributed by atoms with Gasteiger partial charge < -0.3 is 19.3 Å². The first-order valence-electron chi connectivity index (χ1n) is 12.4. The highest BCUT2D eigenvalue weighted by molar-refractivity contribution is 8.16. The number of amides is 1. The maximum Gasteiger partial charge on any atom is 0.338 e. The van der Waals surface area contributed by atoms with E-state index in [0.29, 0.717) is 50.2 Å². The zero-order valence-corrected chi connectivity index (χ0v) is 22.1. The van der Waals surface area contributed by atoms with E-state index in [9.17, 15) is 14.4 Å². The summed E-state index contributed by atoms with van der Waals surface area (Å²) in [5.74, 6) is -0.743. The largest absolute Gasteiger partial charge is 0.466 e. The molecule has 0 unspecified atom stereocenters. The highest BCUT2D eigenvalue weighted by atomic mass is 32.2. The summed E-state index contributed by atoms with van der Waals surface area (Å²) in [7, 11) is 1.38. The average molecular weight is 512 g/mol. The van der Waals surface area contributed by atoms with Crippen molar-refractivity contribution in [1.29, 1.82) is 0 Å². The molecule has 36 heavy (non-hydrogen) atoms. The van der Waals surface area contributed by atoms with E-state index in [1.807, 2.05) is 53.3 Å². The van der Waals surface area contributed by atoms with Gasteiger partial charge >= 0.3 is 11.9 Å². The Kier molecular flexibility index (Phi) is 8.18. The lowest BCUT2D eigenvalue weighted by atomic mass is 9.92. The smallest absolute Gasteiger partial charge is 0.338 e. The van der Waals surface area contributed by atoms with Gasteiger partial charge in [-0.2, -0.15) is 0 Å². The second-order valence-electron chi connectivity index (χ2n) is 9.09. The number of amidine groups is 1. The first kappa shape index (κ1) is 26.0. The number of nitrogens with zero attached hydrogens (tertiary/aromatic N) is 3. The molecule has 0 aliphatic carbocycles. The molecule has 1 atom stereocenters. The molecule has 0 saturated carbocycles. The third kappa shape index (κ3) is 5.21. The fourth-order valence-electron chi connectivity index (χ4n) is 4.87. The Bertz CT molecular complexity index is 1120. The number of piperidine rings is 1. The van der Waals surface area contributed by atoms with E-state index in [4.69, 9.17) is 14.5 Å². The molecule has 1 amide bonds. The van der Waals surface area contributed by atoms with Crippen LogP contribution in [0, 0.1) is 12.8 Å². The number of thioether (sulfide) groups is 1. The molecule has 0 aromatic heterocycles. The van der Waals surface area contributed by atoms with Gasteiger partial charge in [0.15, 0.2) is 5.17 Å². The zero-order valence-electron chi connectivity index (χ0n) is 21.3. The Morgan fingerprint density at radius 1 is 1.11 bits per heavy atom. The minimum absolute atomic E-state index is 0.00190. The molecule has 4 rings (SSSR count). The molecule has 3 aliphatic heterocycles. The molecular formula is C27H33N3O5S. The van der Waals surface area contributed by atoms with E-state index < -0.39 is 12.0 Å². The summed E-state index contributed by atoms with van der Waals surface area (Å²) in [5.41, 5.74) is 4.07. The number of rotatable bonds is 7. The van der Waals surface area contributed by atoms with Crippen LogP contribution in [0.25, 0.3) is 0 Å². The Morgan fingerprint density at radius 3 is 2.42 bits per heavy atom. The predicted molar refractivity (Wildman–Crippen MR) is 139 cm³/mol. The number of likely N-dealkylation sites (tertiary alicyclic amines) is 1. The molecule has 3 heterocycles. The SMILES string of the molecule is CCOC(=O)C1CCN(C(=O)CC2=CSC3=NC(CC)=C(C(=O)OC)[C@H](c4ccc(C)cc4)N23)CC1. The third-order valence-electron chi connectivity index (χ3n) is 6.82. The van der Waals surface area contributed by atoms with Gasteiger partial charge in [-0.25, -0.2) is 9.79 Å². The highest BCUT2D eigenvalue weighted by Gasteiger charge is 2.42. The molecule has 1 aromatic carbocycles. The molecule has 3 aliphatic rings. The van der Waals surface area contributed by atoms with Crippen LogP contribution in [0.1, 0.15) is 56.7 Å². The molecule has 0 bridgehead atoms. The highest BCUT2D eigenvalue weighted by Crippen LogP contribution is 2.45. The predicted octanol–water partition coefficient (Wildman–Crippen LogP) is 4.32. The van der Waals surface area contributed by atoms with Gasteiger partial charge in [0.2, 0.25) is 5.91 Å². The fourth-order valence-corrected chi connectivity index (χ4v) is 5.81. The van der Waals surface area contributed by atoms with E-state index in [0.717, 1.165) is 22.0 Å². The molecule has 8 nitrogen and oxygen atoms in total. The minimum atomic E-state index is -0.427. The van der Waals surface area contributed by atoms with Crippen LogP contribution in [0.3, 0.4) is 0 Å². The van der Waals surface area contributed by atoms with Gasteiger partial charge in [0.05, 0.1) is 43.4 Å². The number of aliphatic imine (C=N–C) groups is 1. The van der Waals surface area contributed by atoms with Crippen molar-refractivity contribution in [2.24, 2.45) is 10.9 Å². The molecule has 0 spiro atoms. The molecule has 1 saturated heterocycles. The summed E-state index contributed by atoms with van der Waals surface area (Å²) in [4.78, 5) is 46.9. The van der Waals surface area contributed by atoms with E-state index >= 15 is 0 Å². The number of fused-ring (bicyclic) bond motifs is 1. The van der Waals surface area contributed by atoms with Crippen molar-refractivity contribution in [2.45, 2.75) is 52.5 Å². The molecule has 1 fully saturated rings. The maximum atomic E-state index is 13.3. The topological polar surface area (TPSA) is 88.5 Å². The summed E-state index contributed by atoms with van der Waals surface area (Å²) >= 11 is 1.47. The number of hydrogen-bond donors (Lipinski definition) is 0. The summed E-state index contributed by atoms with van der Waals surface area (Å²) < 4.78 is 10.3. The zero-order chi connectivity index (χ0) is 25.8. The lowest BCUT2D eigenvalue weighted by molar-refractivity contribution is -0.151. The molecule has 1 aromatic rings. The molecule has 0 N–H and O–H groups in total. The van der Waals surface area contributed by atoms with E-state index in [-0.39, 0.29) is 24.2 Å². The number of aryl methyl sites for hydroxylation is 1. The molecule has 0 radical (unpaired) electrons. The van der Waals surface area contributed by atoms with Gasteiger partial charge in [-0.15, -0.1) is 0 Å². The second kappa shape index (κ2) is 11.3. The third-order valence-corrected chi connectivity index (χ3v) is 7.71. The van der Waals surface area contributed by atoms with Crippen molar-refractivity contribution in [3.05, 3.63) is 57.8 Å². The Labute approximate surface area is 216 Å². The number of hydrogen-bond acceptors (Lipinski definition) is 8. The van der Waals surface area contributed by atoms with Crippen molar-refractivity contribution in [3.63, 3.8) is 0 Å². The van der Waals surface area contributed by atoms with Crippen molar-refractivity contribution >= 4 is 34.8 Å². The molecule has 9 heteroatoms. The van der Waals surface area contributed by atoms with Gasteiger partial charge in [-0.3, -0.25) is 9.59 Å². The van der Waals surface area contributed by atoms with Crippen molar-refractivity contribution in [2.75, 3.05) is 26.8 Å². The number of carbonyl (C=O) groups excluding carboxylic acids is 3. The summed E-state index contributed by atoms with van der Waals surface area (Å²) in [6.45, 7) is 7.22. The number of benzene rings is 1.